The molecule has 0 aromatic heterocycles. The van der Waals surface area contributed by atoms with Gasteiger partial charge in [0.1, 0.15) is 0 Å². The van der Waals surface area contributed by atoms with Crippen LogP contribution in [0.25, 0.3) is 0 Å². The minimum absolute atomic E-state index is 0.334. The van der Waals surface area contributed by atoms with Gasteiger partial charge in [0.05, 0.1) is 0 Å². The van der Waals surface area contributed by atoms with Crippen LogP contribution in [-0.4, -0.2) is 36.5 Å². The number of hydrogen-bond acceptors (Lipinski definition) is 2. The van der Waals surface area contributed by atoms with Crippen LogP contribution < -0.4 is 5.32 Å². The highest BCUT2D eigenvalue weighted by molar-refractivity contribution is 5.79. The summed E-state index contributed by atoms with van der Waals surface area (Å²) in [5.74, 6) is 2.22. The minimum Gasteiger partial charge on any atom is -0.342 e. The van der Waals surface area contributed by atoms with E-state index in [9.17, 15) is 4.79 Å². The Morgan fingerprint density at radius 3 is 2.42 bits per heavy atom. The SMILES string of the molecule is CC1CCCC1C(=O)N1CCC(C2CCCN2)CC1. The van der Waals surface area contributed by atoms with E-state index in [0.717, 1.165) is 31.5 Å². The molecule has 0 aromatic carbocycles. The van der Waals surface area contributed by atoms with Gasteiger partial charge in [-0.25, -0.2) is 0 Å². The first-order valence-corrected chi connectivity index (χ1v) is 8.28. The molecule has 1 amide bonds. The van der Waals surface area contributed by atoms with Crippen molar-refractivity contribution in [2.24, 2.45) is 17.8 Å². The van der Waals surface area contributed by atoms with Gasteiger partial charge in [0.15, 0.2) is 0 Å². The predicted molar refractivity (Wildman–Crippen MR) is 76.8 cm³/mol. The van der Waals surface area contributed by atoms with E-state index in [1.165, 1.54) is 45.1 Å². The fourth-order valence-electron chi connectivity index (χ4n) is 4.38. The van der Waals surface area contributed by atoms with Crippen molar-refractivity contribution >= 4 is 5.91 Å². The minimum atomic E-state index is 0.334. The Hall–Kier alpha value is -0.570. The number of carbonyl (C=O) groups excluding carboxylic acids is 1. The molecule has 0 bridgehead atoms. The van der Waals surface area contributed by atoms with Gasteiger partial charge < -0.3 is 10.2 Å². The molecule has 3 rings (SSSR count). The Labute approximate surface area is 117 Å². The fraction of sp³-hybridized carbons (Fsp3) is 0.938. The van der Waals surface area contributed by atoms with Crippen LogP contribution in [0, 0.1) is 17.8 Å². The maximum Gasteiger partial charge on any atom is 0.225 e. The van der Waals surface area contributed by atoms with Crippen molar-refractivity contribution in [2.45, 2.75) is 57.9 Å². The zero-order valence-electron chi connectivity index (χ0n) is 12.2. The molecule has 19 heavy (non-hydrogen) atoms. The molecular weight excluding hydrogens is 236 g/mol. The van der Waals surface area contributed by atoms with Crippen LogP contribution in [0.4, 0.5) is 0 Å². The van der Waals surface area contributed by atoms with E-state index < -0.39 is 0 Å². The number of piperidine rings is 1. The first-order valence-electron chi connectivity index (χ1n) is 8.28. The van der Waals surface area contributed by atoms with Crippen molar-refractivity contribution < 1.29 is 4.79 Å². The standard InChI is InChI=1S/C16H28N2O/c1-12-4-2-5-14(12)16(19)18-10-7-13(8-11-18)15-6-3-9-17-15/h12-15,17H,2-11H2,1H3. The van der Waals surface area contributed by atoms with Gasteiger partial charge in [-0.2, -0.15) is 0 Å². The van der Waals surface area contributed by atoms with Gasteiger partial charge in [0, 0.05) is 25.0 Å². The van der Waals surface area contributed by atoms with Crippen LogP contribution in [0.5, 0.6) is 0 Å². The Kier molecular flexibility index (Phi) is 4.11. The molecule has 3 unspecified atom stereocenters. The van der Waals surface area contributed by atoms with Crippen LogP contribution in [-0.2, 0) is 4.79 Å². The highest BCUT2D eigenvalue weighted by Gasteiger charge is 2.35. The summed E-state index contributed by atoms with van der Waals surface area (Å²) < 4.78 is 0. The van der Waals surface area contributed by atoms with Gasteiger partial charge in [0.2, 0.25) is 5.91 Å². The third-order valence-electron chi connectivity index (χ3n) is 5.70. The summed E-state index contributed by atoms with van der Waals surface area (Å²) in [5.41, 5.74) is 0. The lowest BCUT2D eigenvalue weighted by atomic mass is 9.87. The Bertz CT molecular complexity index is 317. The number of amides is 1. The summed E-state index contributed by atoms with van der Waals surface area (Å²) in [5, 5.41) is 3.63. The molecule has 2 saturated heterocycles. The number of carbonyl (C=O) groups is 1. The average Bonchev–Trinajstić information content (AvgIpc) is 3.09. The number of hydrogen-bond donors (Lipinski definition) is 1. The summed E-state index contributed by atoms with van der Waals surface area (Å²) in [6, 6.07) is 0.739. The number of nitrogens with zero attached hydrogens (tertiary/aromatic N) is 1. The molecule has 3 heteroatoms. The molecule has 3 aliphatic rings. The van der Waals surface area contributed by atoms with Crippen LogP contribution in [0.3, 0.4) is 0 Å². The van der Waals surface area contributed by atoms with Crippen LogP contribution in [0.1, 0.15) is 51.9 Å². The fourth-order valence-corrected chi connectivity index (χ4v) is 4.38. The first kappa shape index (κ1) is 13.4. The van der Waals surface area contributed by atoms with Crippen molar-refractivity contribution in [3.63, 3.8) is 0 Å². The molecule has 0 radical (unpaired) electrons. The molecular formula is C16H28N2O. The lowest BCUT2D eigenvalue weighted by Gasteiger charge is -2.36. The second-order valence-corrected chi connectivity index (χ2v) is 6.88. The normalized spacial score (nSPS) is 36.9. The molecule has 1 saturated carbocycles. The molecule has 2 aliphatic heterocycles. The smallest absolute Gasteiger partial charge is 0.225 e. The number of rotatable bonds is 2. The molecule has 3 fully saturated rings. The number of nitrogens with one attached hydrogen (secondary N) is 1. The molecule has 3 atom stereocenters. The number of likely N-dealkylation sites (tertiary alicyclic amines) is 1. The molecule has 108 valence electrons. The Morgan fingerprint density at radius 1 is 1.05 bits per heavy atom. The maximum absolute atomic E-state index is 12.5. The quantitative estimate of drug-likeness (QED) is 0.830. The molecule has 3 nitrogen and oxygen atoms in total. The first-order chi connectivity index (χ1) is 9.25. The zero-order chi connectivity index (χ0) is 13.2. The van der Waals surface area contributed by atoms with Gasteiger partial charge in [-0.1, -0.05) is 13.3 Å². The summed E-state index contributed by atoms with van der Waals surface area (Å²) in [6.07, 6.45) is 8.74. The highest BCUT2D eigenvalue weighted by atomic mass is 16.2. The van der Waals surface area contributed by atoms with Gasteiger partial charge in [-0.15, -0.1) is 0 Å². The molecule has 2 heterocycles. The average molecular weight is 264 g/mol. The summed E-state index contributed by atoms with van der Waals surface area (Å²) in [6.45, 7) is 5.46. The van der Waals surface area contributed by atoms with Crippen molar-refractivity contribution in [1.29, 1.82) is 0 Å². The molecule has 0 aromatic rings. The van der Waals surface area contributed by atoms with Crippen LogP contribution >= 0.6 is 0 Å². The molecule has 0 spiro atoms. The van der Waals surface area contributed by atoms with Gasteiger partial charge >= 0.3 is 0 Å². The highest BCUT2D eigenvalue weighted by Crippen LogP contribution is 2.34. The van der Waals surface area contributed by atoms with E-state index in [0.29, 0.717) is 17.7 Å². The van der Waals surface area contributed by atoms with E-state index in [1.807, 2.05) is 0 Å². The van der Waals surface area contributed by atoms with Crippen molar-refractivity contribution in [3.05, 3.63) is 0 Å². The third-order valence-corrected chi connectivity index (χ3v) is 5.70. The van der Waals surface area contributed by atoms with Crippen molar-refractivity contribution in [1.82, 2.24) is 10.2 Å². The summed E-state index contributed by atoms with van der Waals surface area (Å²) in [4.78, 5) is 14.7. The monoisotopic (exact) mass is 264 g/mol. The van der Waals surface area contributed by atoms with Crippen molar-refractivity contribution in [3.8, 4) is 0 Å². The van der Waals surface area contributed by atoms with E-state index >= 15 is 0 Å². The van der Waals surface area contributed by atoms with Crippen LogP contribution in [0.2, 0.25) is 0 Å². The second kappa shape index (κ2) is 5.82. The Morgan fingerprint density at radius 2 is 1.84 bits per heavy atom. The van der Waals surface area contributed by atoms with E-state index in [-0.39, 0.29) is 0 Å². The van der Waals surface area contributed by atoms with E-state index in [1.54, 1.807) is 0 Å². The van der Waals surface area contributed by atoms with Gasteiger partial charge in [-0.3, -0.25) is 4.79 Å². The second-order valence-electron chi connectivity index (χ2n) is 6.88. The lowest BCUT2D eigenvalue weighted by Crippen LogP contribution is -2.45. The summed E-state index contributed by atoms with van der Waals surface area (Å²) >= 11 is 0. The molecule has 1 aliphatic carbocycles. The van der Waals surface area contributed by atoms with Gasteiger partial charge in [-0.05, 0) is 56.9 Å². The largest absolute Gasteiger partial charge is 0.342 e. The van der Waals surface area contributed by atoms with Crippen LogP contribution in [0.15, 0.2) is 0 Å². The van der Waals surface area contributed by atoms with Crippen molar-refractivity contribution in [2.75, 3.05) is 19.6 Å². The predicted octanol–water partition coefficient (Wildman–Crippen LogP) is 2.41. The third kappa shape index (κ3) is 2.81. The van der Waals surface area contributed by atoms with Gasteiger partial charge in [0.25, 0.3) is 0 Å². The summed E-state index contributed by atoms with van der Waals surface area (Å²) in [7, 11) is 0. The van der Waals surface area contributed by atoms with E-state index in [4.69, 9.17) is 0 Å². The zero-order valence-corrected chi connectivity index (χ0v) is 12.2. The topological polar surface area (TPSA) is 32.3 Å². The lowest BCUT2D eigenvalue weighted by molar-refractivity contribution is -0.138. The molecule has 1 N–H and O–H groups in total. The Balaban J connectivity index is 1.50. The van der Waals surface area contributed by atoms with E-state index in [2.05, 4.69) is 17.1 Å². The maximum atomic E-state index is 12.5.